The number of ether oxygens (including phenoxy) is 1. The molecule has 0 saturated carbocycles. The molecule has 0 amide bonds. The highest BCUT2D eigenvalue weighted by molar-refractivity contribution is 5.81. The number of aldehydes is 1. The van der Waals surface area contributed by atoms with Crippen LogP contribution in [0.25, 0.3) is 10.4 Å². The van der Waals surface area contributed by atoms with E-state index in [4.69, 9.17) is 10.3 Å². The molecular formula is C11H9N3O3. The van der Waals surface area contributed by atoms with E-state index in [9.17, 15) is 9.90 Å². The molecule has 0 radical (unpaired) electrons. The van der Waals surface area contributed by atoms with Crippen molar-refractivity contribution in [2.24, 2.45) is 5.11 Å². The second kappa shape index (κ2) is 6.05. The Labute approximate surface area is 97.5 Å². The summed E-state index contributed by atoms with van der Waals surface area (Å²) in [6.07, 6.45) is 0.580. The molecule has 6 nitrogen and oxygen atoms in total. The zero-order valence-electron chi connectivity index (χ0n) is 9.04. The first kappa shape index (κ1) is 12.4. The van der Waals surface area contributed by atoms with Crippen LogP contribution in [0.1, 0.15) is 15.9 Å². The third-order valence-electron chi connectivity index (χ3n) is 1.91. The highest BCUT2D eigenvalue weighted by Crippen LogP contribution is 2.28. The van der Waals surface area contributed by atoms with Crippen LogP contribution in [0.15, 0.2) is 17.2 Å². The highest BCUT2D eigenvalue weighted by atomic mass is 16.5. The molecule has 0 fully saturated rings. The molecule has 0 aromatic heterocycles. The van der Waals surface area contributed by atoms with Crippen molar-refractivity contribution in [3.8, 4) is 23.3 Å². The topological polar surface area (TPSA) is 95.3 Å². The van der Waals surface area contributed by atoms with Gasteiger partial charge >= 0.3 is 0 Å². The molecule has 0 heterocycles. The Bertz CT molecular complexity index is 537. The number of carbonyl (C=O) groups excluding carboxylic acids is 1. The van der Waals surface area contributed by atoms with Crippen LogP contribution in [-0.4, -0.2) is 25.0 Å². The van der Waals surface area contributed by atoms with Crippen molar-refractivity contribution in [1.82, 2.24) is 0 Å². The van der Waals surface area contributed by atoms with Gasteiger partial charge in [0.15, 0.2) is 17.8 Å². The molecule has 0 bridgehead atoms. The third-order valence-corrected chi connectivity index (χ3v) is 1.91. The van der Waals surface area contributed by atoms with Gasteiger partial charge in [0.1, 0.15) is 0 Å². The van der Waals surface area contributed by atoms with E-state index in [-0.39, 0.29) is 23.6 Å². The lowest BCUT2D eigenvalue weighted by Crippen LogP contribution is -1.91. The molecule has 17 heavy (non-hydrogen) atoms. The minimum absolute atomic E-state index is 0.0119. The maximum atomic E-state index is 10.8. The molecule has 1 aromatic carbocycles. The van der Waals surface area contributed by atoms with Crippen molar-refractivity contribution >= 4 is 6.29 Å². The van der Waals surface area contributed by atoms with Crippen LogP contribution in [0.5, 0.6) is 11.5 Å². The molecule has 0 aliphatic heterocycles. The van der Waals surface area contributed by atoms with E-state index in [0.29, 0.717) is 11.8 Å². The molecule has 0 spiro atoms. The first-order valence-corrected chi connectivity index (χ1v) is 4.58. The largest absolute Gasteiger partial charge is 0.504 e. The van der Waals surface area contributed by atoms with Crippen LogP contribution in [0, 0.1) is 11.8 Å². The second-order valence-corrected chi connectivity index (χ2v) is 2.92. The fourth-order valence-corrected chi connectivity index (χ4v) is 1.16. The van der Waals surface area contributed by atoms with E-state index < -0.39 is 0 Å². The molecule has 1 rings (SSSR count). The summed E-state index contributed by atoms with van der Waals surface area (Å²) in [6, 6.07) is 2.71. The fourth-order valence-electron chi connectivity index (χ4n) is 1.16. The van der Waals surface area contributed by atoms with Crippen molar-refractivity contribution in [3.05, 3.63) is 33.7 Å². The maximum Gasteiger partial charge on any atom is 0.161 e. The first-order chi connectivity index (χ1) is 8.22. The van der Waals surface area contributed by atoms with Gasteiger partial charge < -0.3 is 9.84 Å². The molecule has 1 aromatic rings. The van der Waals surface area contributed by atoms with Gasteiger partial charge in [-0.2, -0.15) is 0 Å². The van der Waals surface area contributed by atoms with E-state index in [1.54, 1.807) is 0 Å². The number of hydrogen-bond acceptors (Lipinski definition) is 4. The van der Waals surface area contributed by atoms with Crippen molar-refractivity contribution in [2.45, 2.75) is 0 Å². The van der Waals surface area contributed by atoms with Crippen LogP contribution in [-0.2, 0) is 0 Å². The van der Waals surface area contributed by atoms with Gasteiger partial charge in [0, 0.05) is 22.1 Å². The Morgan fingerprint density at radius 3 is 3.00 bits per heavy atom. The van der Waals surface area contributed by atoms with Crippen LogP contribution < -0.4 is 4.74 Å². The average Bonchev–Trinajstić information content (AvgIpc) is 2.35. The number of phenols is 1. The van der Waals surface area contributed by atoms with Gasteiger partial charge in [-0.25, -0.2) is 0 Å². The van der Waals surface area contributed by atoms with Crippen molar-refractivity contribution in [2.75, 3.05) is 13.7 Å². The summed E-state index contributed by atoms with van der Waals surface area (Å²) >= 11 is 0. The summed E-state index contributed by atoms with van der Waals surface area (Å²) in [5, 5.41) is 12.7. The van der Waals surface area contributed by atoms with E-state index in [2.05, 4.69) is 21.9 Å². The molecule has 0 aliphatic carbocycles. The predicted molar refractivity (Wildman–Crippen MR) is 60.9 cm³/mol. The summed E-state index contributed by atoms with van der Waals surface area (Å²) < 4.78 is 4.90. The Morgan fingerprint density at radius 1 is 1.65 bits per heavy atom. The zero-order chi connectivity index (χ0) is 12.7. The quantitative estimate of drug-likeness (QED) is 0.283. The van der Waals surface area contributed by atoms with Gasteiger partial charge in [-0.05, 0) is 11.6 Å². The zero-order valence-corrected chi connectivity index (χ0v) is 9.04. The smallest absolute Gasteiger partial charge is 0.161 e. The summed E-state index contributed by atoms with van der Waals surface area (Å²) in [6.45, 7) is 0.0119. The van der Waals surface area contributed by atoms with Crippen LogP contribution >= 0.6 is 0 Å². The fraction of sp³-hybridized carbons (Fsp3) is 0.182. The summed E-state index contributed by atoms with van der Waals surface area (Å²) in [5.41, 5.74) is 8.72. The third kappa shape index (κ3) is 3.16. The average molecular weight is 231 g/mol. The summed E-state index contributed by atoms with van der Waals surface area (Å²) in [7, 11) is 1.40. The molecule has 0 saturated heterocycles. The first-order valence-electron chi connectivity index (χ1n) is 4.58. The number of nitrogens with zero attached hydrogens (tertiary/aromatic N) is 3. The monoisotopic (exact) mass is 231 g/mol. The van der Waals surface area contributed by atoms with E-state index >= 15 is 0 Å². The number of hydrogen-bond donors (Lipinski definition) is 1. The highest BCUT2D eigenvalue weighted by Gasteiger charge is 2.07. The predicted octanol–water partition coefficient (Wildman–Crippen LogP) is 1.88. The minimum Gasteiger partial charge on any atom is -0.504 e. The van der Waals surface area contributed by atoms with Gasteiger partial charge in [-0.3, -0.25) is 4.79 Å². The Morgan fingerprint density at radius 2 is 2.41 bits per heavy atom. The van der Waals surface area contributed by atoms with Crippen LogP contribution in [0.4, 0.5) is 0 Å². The van der Waals surface area contributed by atoms with Crippen molar-refractivity contribution in [1.29, 1.82) is 0 Å². The van der Waals surface area contributed by atoms with Gasteiger partial charge in [0.2, 0.25) is 0 Å². The van der Waals surface area contributed by atoms with Gasteiger partial charge in [-0.15, -0.1) is 0 Å². The second-order valence-electron chi connectivity index (χ2n) is 2.92. The summed E-state index contributed by atoms with van der Waals surface area (Å²) in [5.74, 6) is 5.34. The van der Waals surface area contributed by atoms with Crippen molar-refractivity contribution < 1.29 is 14.6 Å². The van der Waals surface area contributed by atoms with E-state index in [1.165, 1.54) is 19.2 Å². The molecule has 1 N–H and O–H groups in total. The lowest BCUT2D eigenvalue weighted by Gasteiger charge is -2.05. The number of aromatic hydroxyl groups is 1. The Balaban J connectivity index is 3.14. The number of methoxy groups -OCH3 is 1. The number of rotatable bonds is 3. The van der Waals surface area contributed by atoms with E-state index in [0.717, 1.165) is 0 Å². The van der Waals surface area contributed by atoms with Crippen molar-refractivity contribution in [3.63, 3.8) is 0 Å². The van der Waals surface area contributed by atoms with Gasteiger partial charge in [-0.1, -0.05) is 17.0 Å². The molecular weight excluding hydrogens is 222 g/mol. The standard InChI is InChI=1S/C11H9N3O3/c1-17-11-6-8(3-2-4-13-14-12)9(7-15)5-10(11)16/h5-7,16H,4H2,1H3. The van der Waals surface area contributed by atoms with Gasteiger partial charge in [0.05, 0.1) is 13.7 Å². The van der Waals surface area contributed by atoms with Crippen LogP contribution in [0.2, 0.25) is 0 Å². The Hall–Kier alpha value is -2.64. The van der Waals surface area contributed by atoms with Crippen LogP contribution in [0.3, 0.4) is 0 Å². The number of benzene rings is 1. The Kier molecular flexibility index (Phi) is 4.43. The molecule has 0 aliphatic rings. The maximum absolute atomic E-state index is 10.8. The van der Waals surface area contributed by atoms with E-state index in [1.807, 2.05) is 0 Å². The molecule has 6 heteroatoms. The number of phenolic OH excluding ortho intramolecular Hbond substituents is 1. The minimum atomic E-state index is -0.129. The number of azide groups is 1. The SMILES string of the molecule is COc1cc(C#CCN=[N+]=[N-])c(C=O)cc1O. The summed E-state index contributed by atoms with van der Waals surface area (Å²) in [4.78, 5) is 13.3. The molecule has 86 valence electrons. The lowest BCUT2D eigenvalue weighted by molar-refractivity contribution is 0.112. The van der Waals surface area contributed by atoms with Gasteiger partial charge in [0.25, 0.3) is 0 Å². The lowest BCUT2D eigenvalue weighted by atomic mass is 10.1. The normalized spacial score (nSPS) is 8.53. The number of carbonyl (C=O) groups is 1. The molecule has 0 atom stereocenters. The molecule has 0 unspecified atom stereocenters.